The Hall–Kier alpha value is -1.96. The van der Waals surface area contributed by atoms with Gasteiger partial charge in [0, 0.05) is 11.9 Å². The number of nitrogens with zero attached hydrogens (tertiary/aromatic N) is 5. The lowest BCUT2D eigenvalue weighted by molar-refractivity contribution is 0.0695. The van der Waals surface area contributed by atoms with Crippen LogP contribution in [0.4, 0.5) is 0 Å². The number of rotatable bonds is 5. The molecule has 0 saturated carbocycles. The van der Waals surface area contributed by atoms with Crippen molar-refractivity contribution in [2.24, 2.45) is 7.05 Å². The van der Waals surface area contributed by atoms with Gasteiger partial charge in [-0.3, -0.25) is 4.98 Å². The Bertz CT molecular complexity index is 557. The highest BCUT2D eigenvalue weighted by Crippen LogP contribution is 2.16. The standard InChI is InChI=1S/C10H11N5O2S/c1-15-13-9(12-14-15)6-18-5-8-7(10(16)17)3-2-4-11-8/h2-4H,5-6H2,1H3,(H,16,17). The molecule has 8 heteroatoms. The van der Waals surface area contributed by atoms with Crippen LogP contribution in [0.3, 0.4) is 0 Å². The summed E-state index contributed by atoms with van der Waals surface area (Å²) in [7, 11) is 1.70. The van der Waals surface area contributed by atoms with Crippen molar-refractivity contribution < 1.29 is 9.90 Å². The number of hydrogen-bond donors (Lipinski definition) is 1. The van der Waals surface area contributed by atoms with Crippen LogP contribution in [0.2, 0.25) is 0 Å². The lowest BCUT2D eigenvalue weighted by Gasteiger charge is -2.03. The van der Waals surface area contributed by atoms with Gasteiger partial charge in [0.2, 0.25) is 0 Å². The molecule has 0 radical (unpaired) electrons. The Kier molecular flexibility index (Phi) is 3.88. The average molecular weight is 265 g/mol. The zero-order valence-corrected chi connectivity index (χ0v) is 10.5. The van der Waals surface area contributed by atoms with Crippen molar-refractivity contribution in [2.75, 3.05) is 0 Å². The van der Waals surface area contributed by atoms with Gasteiger partial charge in [0.25, 0.3) is 0 Å². The molecule has 0 saturated heterocycles. The van der Waals surface area contributed by atoms with E-state index in [2.05, 4.69) is 20.4 Å². The quantitative estimate of drug-likeness (QED) is 0.851. The Morgan fingerprint density at radius 1 is 1.50 bits per heavy atom. The molecule has 2 aromatic heterocycles. The number of aromatic nitrogens is 5. The molecular formula is C10H11N5O2S. The minimum absolute atomic E-state index is 0.233. The van der Waals surface area contributed by atoms with E-state index in [1.54, 1.807) is 25.4 Å². The molecule has 0 aromatic carbocycles. The van der Waals surface area contributed by atoms with E-state index in [-0.39, 0.29) is 5.56 Å². The highest BCUT2D eigenvalue weighted by molar-refractivity contribution is 7.97. The fourth-order valence-corrected chi connectivity index (χ4v) is 2.19. The van der Waals surface area contributed by atoms with Gasteiger partial charge >= 0.3 is 5.97 Å². The molecule has 0 fully saturated rings. The Balaban J connectivity index is 1.96. The van der Waals surface area contributed by atoms with Gasteiger partial charge in [0.1, 0.15) is 0 Å². The average Bonchev–Trinajstić information content (AvgIpc) is 2.75. The fourth-order valence-electron chi connectivity index (χ4n) is 1.37. The first-order chi connectivity index (χ1) is 8.66. The predicted octanol–water partition coefficient (Wildman–Crippen LogP) is 0.737. The van der Waals surface area contributed by atoms with Crippen LogP contribution in [0.15, 0.2) is 18.3 Å². The van der Waals surface area contributed by atoms with Gasteiger partial charge in [0.05, 0.1) is 24.1 Å². The third kappa shape index (κ3) is 3.04. The summed E-state index contributed by atoms with van der Waals surface area (Å²) >= 11 is 1.50. The number of carboxylic acids is 1. The van der Waals surface area contributed by atoms with Crippen molar-refractivity contribution in [3.63, 3.8) is 0 Å². The summed E-state index contributed by atoms with van der Waals surface area (Å²) in [5, 5.41) is 20.6. The predicted molar refractivity (Wildman–Crippen MR) is 65.0 cm³/mol. The van der Waals surface area contributed by atoms with Crippen LogP contribution in [0, 0.1) is 0 Å². The second-order valence-corrected chi connectivity index (χ2v) is 4.48. The molecule has 0 spiro atoms. The van der Waals surface area contributed by atoms with Crippen LogP contribution in [0.1, 0.15) is 21.9 Å². The summed E-state index contributed by atoms with van der Waals surface area (Å²) in [6.45, 7) is 0. The minimum atomic E-state index is -0.962. The first-order valence-electron chi connectivity index (χ1n) is 5.14. The summed E-state index contributed by atoms with van der Waals surface area (Å²) in [6.07, 6.45) is 1.59. The molecule has 1 N–H and O–H groups in total. The second kappa shape index (κ2) is 5.58. The van der Waals surface area contributed by atoms with E-state index >= 15 is 0 Å². The summed E-state index contributed by atoms with van der Waals surface area (Å²) in [5.74, 6) is 0.733. The normalized spacial score (nSPS) is 10.5. The number of hydrogen-bond acceptors (Lipinski definition) is 6. The smallest absolute Gasteiger partial charge is 0.337 e. The monoisotopic (exact) mass is 265 g/mol. The zero-order chi connectivity index (χ0) is 13.0. The Labute approximate surface area is 107 Å². The maximum atomic E-state index is 11.0. The summed E-state index contributed by atoms with van der Waals surface area (Å²) in [4.78, 5) is 16.4. The van der Waals surface area contributed by atoms with Crippen molar-refractivity contribution in [1.29, 1.82) is 0 Å². The van der Waals surface area contributed by atoms with Gasteiger partial charge in [-0.2, -0.15) is 4.80 Å². The minimum Gasteiger partial charge on any atom is -0.478 e. The highest BCUT2D eigenvalue weighted by atomic mass is 32.2. The van der Waals surface area contributed by atoms with E-state index in [1.807, 2.05) is 0 Å². The zero-order valence-electron chi connectivity index (χ0n) is 9.65. The second-order valence-electron chi connectivity index (χ2n) is 3.49. The molecule has 18 heavy (non-hydrogen) atoms. The number of thioether (sulfide) groups is 1. The van der Waals surface area contributed by atoms with Gasteiger partial charge in [-0.15, -0.1) is 22.0 Å². The van der Waals surface area contributed by atoms with Crippen LogP contribution < -0.4 is 0 Å². The molecule has 0 bridgehead atoms. The van der Waals surface area contributed by atoms with Gasteiger partial charge in [-0.1, -0.05) is 0 Å². The number of carboxylic acid groups (broad SMARTS) is 1. The maximum Gasteiger partial charge on any atom is 0.337 e. The van der Waals surface area contributed by atoms with Gasteiger partial charge in [-0.25, -0.2) is 4.79 Å². The molecule has 0 aliphatic carbocycles. The molecular weight excluding hydrogens is 254 g/mol. The molecule has 0 amide bonds. The topological polar surface area (TPSA) is 93.8 Å². The van der Waals surface area contributed by atoms with Crippen molar-refractivity contribution >= 4 is 17.7 Å². The number of aromatic carboxylic acids is 1. The molecule has 7 nitrogen and oxygen atoms in total. The van der Waals surface area contributed by atoms with Crippen molar-refractivity contribution in [3.05, 3.63) is 35.4 Å². The van der Waals surface area contributed by atoms with E-state index < -0.39 is 5.97 Å². The third-order valence-corrected chi connectivity index (χ3v) is 3.08. The molecule has 94 valence electrons. The van der Waals surface area contributed by atoms with Crippen LogP contribution >= 0.6 is 11.8 Å². The van der Waals surface area contributed by atoms with Gasteiger partial charge < -0.3 is 5.11 Å². The SMILES string of the molecule is Cn1nnc(CSCc2ncccc2C(=O)O)n1. The third-order valence-electron chi connectivity index (χ3n) is 2.14. The van der Waals surface area contributed by atoms with Gasteiger partial charge in [0.15, 0.2) is 5.82 Å². The number of tetrazole rings is 1. The molecule has 0 aliphatic rings. The van der Waals surface area contributed by atoms with E-state index in [1.165, 1.54) is 16.6 Å². The number of pyridine rings is 1. The lowest BCUT2D eigenvalue weighted by Crippen LogP contribution is -2.03. The maximum absolute atomic E-state index is 11.0. The number of carbonyl (C=O) groups is 1. The van der Waals surface area contributed by atoms with E-state index in [4.69, 9.17) is 5.11 Å². The van der Waals surface area contributed by atoms with E-state index in [9.17, 15) is 4.79 Å². The summed E-state index contributed by atoms with van der Waals surface area (Å²) in [5.41, 5.74) is 0.788. The molecule has 0 aliphatic heterocycles. The first-order valence-corrected chi connectivity index (χ1v) is 6.30. The largest absolute Gasteiger partial charge is 0.478 e. The van der Waals surface area contributed by atoms with Crippen LogP contribution in [-0.4, -0.2) is 36.3 Å². The van der Waals surface area contributed by atoms with Crippen LogP contribution in [0.5, 0.6) is 0 Å². The van der Waals surface area contributed by atoms with Gasteiger partial charge in [-0.05, 0) is 17.3 Å². The van der Waals surface area contributed by atoms with Crippen LogP contribution in [0.25, 0.3) is 0 Å². The van der Waals surface area contributed by atoms with Crippen molar-refractivity contribution in [1.82, 2.24) is 25.2 Å². The highest BCUT2D eigenvalue weighted by Gasteiger charge is 2.10. The van der Waals surface area contributed by atoms with Crippen molar-refractivity contribution in [2.45, 2.75) is 11.5 Å². The van der Waals surface area contributed by atoms with Crippen LogP contribution in [-0.2, 0) is 18.6 Å². The summed E-state index contributed by atoms with van der Waals surface area (Å²) < 4.78 is 0. The fraction of sp³-hybridized carbons (Fsp3) is 0.300. The Morgan fingerprint density at radius 2 is 2.33 bits per heavy atom. The molecule has 2 heterocycles. The van der Waals surface area contributed by atoms with E-state index in [0.29, 0.717) is 23.0 Å². The molecule has 2 aromatic rings. The molecule has 2 rings (SSSR count). The summed E-state index contributed by atoms with van der Waals surface area (Å²) in [6, 6.07) is 3.16. The number of aryl methyl sites for hydroxylation is 1. The lowest BCUT2D eigenvalue weighted by atomic mass is 10.2. The molecule has 0 unspecified atom stereocenters. The van der Waals surface area contributed by atoms with E-state index in [0.717, 1.165) is 0 Å². The Morgan fingerprint density at radius 3 is 3.00 bits per heavy atom. The molecule has 0 atom stereocenters. The first kappa shape index (κ1) is 12.5. The van der Waals surface area contributed by atoms with Crippen molar-refractivity contribution in [3.8, 4) is 0 Å².